The van der Waals surface area contributed by atoms with Gasteiger partial charge in [-0.05, 0) is 63.9 Å². The Morgan fingerprint density at radius 3 is 2.68 bits per heavy atom. The van der Waals surface area contributed by atoms with Crippen LogP contribution in [0.15, 0.2) is 53.2 Å². The Labute approximate surface area is 151 Å². The quantitative estimate of drug-likeness (QED) is 0.684. The highest BCUT2D eigenvalue weighted by Gasteiger charge is 2.16. The van der Waals surface area contributed by atoms with E-state index in [1.807, 2.05) is 18.2 Å². The highest BCUT2D eigenvalue weighted by atomic mass is 32.1. The Morgan fingerprint density at radius 1 is 1.00 bits per heavy atom. The van der Waals surface area contributed by atoms with Crippen LogP contribution in [-0.2, 0) is 0 Å². The molecule has 2 aromatic carbocycles. The van der Waals surface area contributed by atoms with Crippen LogP contribution in [0.5, 0.6) is 11.5 Å². The fourth-order valence-corrected chi connectivity index (χ4v) is 3.81. The third-order valence-corrected chi connectivity index (χ3v) is 5.12. The Morgan fingerprint density at radius 2 is 1.92 bits per heavy atom. The number of hydrogen-bond acceptors (Lipinski definition) is 4. The summed E-state index contributed by atoms with van der Waals surface area (Å²) in [5.41, 5.74) is 7.11. The van der Waals surface area contributed by atoms with Gasteiger partial charge in [0.15, 0.2) is 0 Å². The monoisotopic (exact) mass is 349 g/mol. The molecule has 0 radical (unpaired) electrons. The molecule has 1 aliphatic heterocycles. The van der Waals surface area contributed by atoms with Crippen molar-refractivity contribution in [3.63, 3.8) is 0 Å². The molecule has 1 aliphatic rings. The summed E-state index contributed by atoms with van der Waals surface area (Å²) in [6.45, 7) is 0.822. The van der Waals surface area contributed by atoms with Crippen LogP contribution >= 0.6 is 11.3 Å². The topological polar surface area (TPSA) is 30.5 Å². The fourth-order valence-electron chi connectivity index (χ4n) is 3.15. The maximum atomic E-state index is 5.53. The van der Waals surface area contributed by atoms with Gasteiger partial charge in [0, 0.05) is 29.4 Å². The number of anilines is 1. The van der Waals surface area contributed by atoms with E-state index >= 15 is 0 Å². The summed E-state index contributed by atoms with van der Waals surface area (Å²) >= 11 is 1.69. The lowest BCUT2D eigenvalue weighted by Crippen LogP contribution is -1.92. The Balaban J connectivity index is 1.73. The second-order valence-corrected chi connectivity index (χ2v) is 6.69. The first-order valence-corrected chi connectivity index (χ1v) is 9.06. The summed E-state index contributed by atoms with van der Waals surface area (Å²) in [4.78, 5) is 0. The van der Waals surface area contributed by atoms with Gasteiger partial charge in [-0.1, -0.05) is 6.07 Å². The van der Waals surface area contributed by atoms with E-state index in [2.05, 4.69) is 46.4 Å². The average molecular weight is 349 g/mol. The van der Waals surface area contributed by atoms with Crippen molar-refractivity contribution in [2.24, 2.45) is 0 Å². The maximum absolute atomic E-state index is 5.53. The van der Waals surface area contributed by atoms with E-state index < -0.39 is 0 Å². The minimum absolute atomic E-state index is 0.822. The van der Waals surface area contributed by atoms with E-state index in [0.29, 0.717) is 0 Å². The molecular weight excluding hydrogens is 330 g/mol. The molecule has 0 aliphatic carbocycles. The van der Waals surface area contributed by atoms with E-state index in [4.69, 9.17) is 9.47 Å². The minimum atomic E-state index is 0.822. The van der Waals surface area contributed by atoms with Gasteiger partial charge in [-0.3, -0.25) is 0 Å². The third kappa shape index (κ3) is 3.01. The number of thiophene rings is 1. The van der Waals surface area contributed by atoms with Crippen molar-refractivity contribution in [2.45, 2.75) is 0 Å². The smallest absolute Gasteiger partial charge is 0.126 e. The molecular formula is C21H19NO2S. The number of ether oxygens (including phenoxy) is 2. The zero-order chi connectivity index (χ0) is 17.2. The normalized spacial score (nSPS) is 14.2. The van der Waals surface area contributed by atoms with E-state index in [-0.39, 0.29) is 0 Å². The average Bonchev–Trinajstić information content (AvgIpc) is 3.31. The zero-order valence-electron chi connectivity index (χ0n) is 14.2. The second kappa shape index (κ2) is 6.65. The summed E-state index contributed by atoms with van der Waals surface area (Å²) in [6, 6.07) is 14.6. The van der Waals surface area contributed by atoms with Crippen LogP contribution < -0.4 is 14.8 Å². The lowest BCUT2D eigenvalue weighted by molar-refractivity contribution is 0.415. The molecule has 3 aromatic rings. The summed E-state index contributed by atoms with van der Waals surface area (Å²) in [7, 11) is 3.41. The van der Waals surface area contributed by atoms with Crippen molar-refractivity contribution in [3.05, 3.63) is 64.4 Å². The number of fused-ring (bicyclic) bond motifs is 1. The van der Waals surface area contributed by atoms with Crippen LogP contribution in [0.2, 0.25) is 0 Å². The second-order valence-electron chi connectivity index (χ2n) is 5.91. The lowest BCUT2D eigenvalue weighted by Gasteiger charge is -2.09. The predicted molar refractivity (Wildman–Crippen MR) is 106 cm³/mol. The molecule has 0 bridgehead atoms. The van der Waals surface area contributed by atoms with Gasteiger partial charge >= 0.3 is 0 Å². The highest BCUT2D eigenvalue weighted by Crippen LogP contribution is 2.37. The van der Waals surface area contributed by atoms with Crippen molar-refractivity contribution in [2.75, 3.05) is 26.1 Å². The van der Waals surface area contributed by atoms with Gasteiger partial charge in [-0.15, -0.1) is 0 Å². The van der Waals surface area contributed by atoms with Crippen LogP contribution in [-0.4, -0.2) is 20.8 Å². The SMILES string of the molecule is COc1ccc2c(c1)NCC2=Cc1ccc(OC)c(-c2ccsc2)c1. The lowest BCUT2D eigenvalue weighted by atomic mass is 10.0. The van der Waals surface area contributed by atoms with Crippen molar-refractivity contribution in [1.29, 1.82) is 0 Å². The molecule has 0 atom stereocenters. The first kappa shape index (κ1) is 15.8. The third-order valence-electron chi connectivity index (χ3n) is 4.44. The van der Waals surface area contributed by atoms with Gasteiger partial charge in [0.1, 0.15) is 11.5 Å². The molecule has 2 heterocycles. The van der Waals surface area contributed by atoms with Gasteiger partial charge in [-0.25, -0.2) is 0 Å². The minimum Gasteiger partial charge on any atom is -0.497 e. The molecule has 0 spiro atoms. The van der Waals surface area contributed by atoms with E-state index in [9.17, 15) is 0 Å². The number of methoxy groups -OCH3 is 2. The number of benzene rings is 2. The molecule has 4 heteroatoms. The summed E-state index contributed by atoms with van der Waals surface area (Å²) < 4.78 is 10.8. The number of rotatable bonds is 4. The van der Waals surface area contributed by atoms with Gasteiger partial charge in [-0.2, -0.15) is 11.3 Å². The molecule has 1 N–H and O–H groups in total. The molecule has 0 saturated heterocycles. The highest BCUT2D eigenvalue weighted by molar-refractivity contribution is 7.08. The molecule has 0 amide bonds. The van der Waals surface area contributed by atoms with Crippen LogP contribution in [0.4, 0.5) is 5.69 Å². The summed E-state index contributed by atoms with van der Waals surface area (Å²) in [5, 5.41) is 7.67. The molecule has 4 rings (SSSR count). The largest absolute Gasteiger partial charge is 0.497 e. The van der Waals surface area contributed by atoms with Crippen molar-refractivity contribution < 1.29 is 9.47 Å². The van der Waals surface area contributed by atoms with Gasteiger partial charge in [0.2, 0.25) is 0 Å². The van der Waals surface area contributed by atoms with Crippen LogP contribution in [0.1, 0.15) is 11.1 Å². The molecule has 3 nitrogen and oxygen atoms in total. The first-order valence-electron chi connectivity index (χ1n) is 8.12. The van der Waals surface area contributed by atoms with E-state index in [1.54, 1.807) is 25.6 Å². The Hall–Kier alpha value is -2.72. The first-order chi connectivity index (χ1) is 12.3. The Bertz CT molecular complexity index is 929. The molecule has 25 heavy (non-hydrogen) atoms. The summed E-state index contributed by atoms with van der Waals surface area (Å²) in [5.74, 6) is 1.77. The Kier molecular flexibility index (Phi) is 4.20. The summed E-state index contributed by atoms with van der Waals surface area (Å²) in [6.07, 6.45) is 2.24. The van der Waals surface area contributed by atoms with Crippen LogP contribution in [0.25, 0.3) is 22.8 Å². The number of nitrogens with one attached hydrogen (secondary N) is 1. The van der Waals surface area contributed by atoms with E-state index in [1.165, 1.54) is 22.3 Å². The fraction of sp³-hybridized carbons (Fsp3) is 0.143. The standard InChI is InChI=1S/C21H19NO2S/c1-23-17-4-5-18-16(12-22-20(18)11-17)9-14-3-6-21(24-2)19(10-14)15-7-8-25-13-15/h3-11,13,22H,12H2,1-2H3. The van der Waals surface area contributed by atoms with Crippen molar-refractivity contribution in [3.8, 4) is 22.6 Å². The van der Waals surface area contributed by atoms with Gasteiger partial charge in [0.05, 0.1) is 14.2 Å². The molecule has 0 unspecified atom stereocenters. The predicted octanol–water partition coefficient (Wildman–Crippen LogP) is 5.40. The van der Waals surface area contributed by atoms with Crippen molar-refractivity contribution in [1.82, 2.24) is 0 Å². The van der Waals surface area contributed by atoms with Crippen LogP contribution in [0, 0.1) is 0 Å². The number of hydrogen-bond donors (Lipinski definition) is 1. The molecule has 1 aromatic heterocycles. The van der Waals surface area contributed by atoms with Gasteiger partial charge in [0.25, 0.3) is 0 Å². The zero-order valence-corrected chi connectivity index (χ0v) is 15.0. The van der Waals surface area contributed by atoms with Gasteiger partial charge < -0.3 is 14.8 Å². The van der Waals surface area contributed by atoms with Crippen molar-refractivity contribution >= 4 is 28.7 Å². The van der Waals surface area contributed by atoms with E-state index in [0.717, 1.165) is 29.3 Å². The maximum Gasteiger partial charge on any atom is 0.126 e. The molecule has 0 saturated carbocycles. The molecule has 126 valence electrons. The van der Waals surface area contributed by atoms with Crippen LogP contribution in [0.3, 0.4) is 0 Å². The molecule has 0 fully saturated rings.